The summed E-state index contributed by atoms with van der Waals surface area (Å²) in [5, 5.41) is 3.19. The van der Waals surface area contributed by atoms with Gasteiger partial charge in [0, 0.05) is 38.1 Å². The number of nitrogens with one attached hydrogen (secondary N) is 1. The summed E-state index contributed by atoms with van der Waals surface area (Å²) in [7, 11) is 3.75. The molecule has 0 amide bonds. The molecule has 1 aromatic heterocycles. The summed E-state index contributed by atoms with van der Waals surface area (Å²) in [4.78, 5) is 6.56. The first-order valence-corrected chi connectivity index (χ1v) is 6.77. The zero-order valence-electron chi connectivity index (χ0n) is 12.3. The van der Waals surface area contributed by atoms with Crippen molar-refractivity contribution in [2.24, 2.45) is 0 Å². The number of anilines is 2. The van der Waals surface area contributed by atoms with E-state index >= 15 is 0 Å². The summed E-state index contributed by atoms with van der Waals surface area (Å²) < 4.78 is 5.25. The molecule has 20 heavy (non-hydrogen) atoms. The second kappa shape index (κ2) is 6.80. The Kier molecular flexibility index (Phi) is 4.82. The minimum absolute atomic E-state index is 0.812. The maximum absolute atomic E-state index is 5.25. The van der Waals surface area contributed by atoms with Crippen molar-refractivity contribution < 1.29 is 4.74 Å². The van der Waals surface area contributed by atoms with Crippen LogP contribution in [0.1, 0.15) is 12.5 Å². The van der Waals surface area contributed by atoms with Gasteiger partial charge in [-0.3, -0.25) is 0 Å². The first kappa shape index (κ1) is 14.2. The average molecular weight is 271 g/mol. The fourth-order valence-electron chi connectivity index (χ4n) is 2.02. The van der Waals surface area contributed by atoms with Crippen molar-refractivity contribution in [2.45, 2.75) is 13.5 Å². The maximum atomic E-state index is 5.25. The molecule has 0 saturated carbocycles. The molecule has 2 aromatic rings. The summed E-state index contributed by atoms with van der Waals surface area (Å²) >= 11 is 0. The SMILES string of the molecule is CCNc1ccc(CN(C)c2cccc(OC)c2)cn1. The van der Waals surface area contributed by atoms with Gasteiger partial charge < -0.3 is 15.0 Å². The third-order valence-corrected chi connectivity index (χ3v) is 3.10. The zero-order valence-corrected chi connectivity index (χ0v) is 12.3. The fraction of sp³-hybridized carbons (Fsp3) is 0.312. The molecule has 0 fully saturated rings. The minimum atomic E-state index is 0.812. The Bertz CT molecular complexity index is 540. The molecule has 0 aliphatic carbocycles. The molecular weight excluding hydrogens is 250 g/mol. The van der Waals surface area contributed by atoms with Gasteiger partial charge in [-0.05, 0) is 30.7 Å². The quantitative estimate of drug-likeness (QED) is 0.875. The van der Waals surface area contributed by atoms with E-state index in [-0.39, 0.29) is 0 Å². The summed E-state index contributed by atoms with van der Waals surface area (Å²) in [6.45, 7) is 3.76. The molecule has 0 spiro atoms. The number of hydrogen-bond acceptors (Lipinski definition) is 4. The molecule has 0 bridgehead atoms. The molecular formula is C16H21N3O. The number of benzene rings is 1. The van der Waals surface area contributed by atoms with Crippen LogP contribution in [0, 0.1) is 0 Å². The number of pyridine rings is 1. The van der Waals surface area contributed by atoms with E-state index in [1.54, 1.807) is 7.11 Å². The van der Waals surface area contributed by atoms with Crippen LogP contribution in [-0.2, 0) is 6.54 Å². The van der Waals surface area contributed by atoms with E-state index < -0.39 is 0 Å². The van der Waals surface area contributed by atoms with Crippen LogP contribution in [0.4, 0.5) is 11.5 Å². The predicted octanol–water partition coefficient (Wildman–Crippen LogP) is 3.16. The van der Waals surface area contributed by atoms with Gasteiger partial charge in [0.1, 0.15) is 11.6 Å². The van der Waals surface area contributed by atoms with Gasteiger partial charge in [-0.2, -0.15) is 0 Å². The Morgan fingerprint density at radius 2 is 2.10 bits per heavy atom. The Morgan fingerprint density at radius 1 is 1.25 bits per heavy atom. The highest BCUT2D eigenvalue weighted by Crippen LogP contribution is 2.21. The highest BCUT2D eigenvalue weighted by atomic mass is 16.5. The molecule has 0 aliphatic rings. The fourth-order valence-corrected chi connectivity index (χ4v) is 2.02. The van der Waals surface area contributed by atoms with Gasteiger partial charge in [0.15, 0.2) is 0 Å². The van der Waals surface area contributed by atoms with E-state index in [1.165, 1.54) is 5.56 Å². The van der Waals surface area contributed by atoms with Gasteiger partial charge in [-0.1, -0.05) is 12.1 Å². The number of rotatable bonds is 6. The highest BCUT2D eigenvalue weighted by molar-refractivity contribution is 5.50. The monoisotopic (exact) mass is 271 g/mol. The van der Waals surface area contributed by atoms with Crippen LogP contribution in [0.3, 0.4) is 0 Å². The Labute approximate surface area is 120 Å². The molecule has 1 N–H and O–H groups in total. The van der Waals surface area contributed by atoms with Gasteiger partial charge in [-0.15, -0.1) is 0 Å². The second-order valence-electron chi connectivity index (χ2n) is 4.64. The normalized spacial score (nSPS) is 10.2. The molecule has 2 rings (SSSR count). The van der Waals surface area contributed by atoms with Gasteiger partial charge in [0.2, 0.25) is 0 Å². The Morgan fingerprint density at radius 3 is 2.75 bits per heavy atom. The lowest BCUT2D eigenvalue weighted by atomic mass is 10.2. The van der Waals surface area contributed by atoms with Gasteiger partial charge >= 0.3 is 0 Å². The van der Waals surface area contributed by atoms with Crippen molar-refractivity contribution in [3.8, 4) is 5.75 Å². The summed E-state index contributed by atoms with van der Waals surface area (Å²) in [5.74, 6) is 1.79. The van der Waals surface area contributed by atoms with Gasteiger partial charge in [0.25, 0.3) is 0 Å². The molecule has 4 heteroatoms. The third kappa shape index (κ3) is 3.63. The van der Waals surface area contributed by atoms with Crippen molar-refractivity contribution in [3.63, 3.8) is 0 Å². The van der Waals surface area contributed by atoms with Crippen molar-refractivity contribution >= 4 is 11.5 Å². The number of ether oxygens (including phenoxy) is 1. The van der Waals surface area contributed by atoms with Crippen molar-refractivity contribution in [2.75, 3.05) is 30.9 Å². The largest absolute Gasteiger partial charge is 0.497 e. The summed E-state index contributed by atoms with van der Waals surface area (Å²) in [5.41, 5.74) is 2.30. The van der Waals surface area contributed by atoms with Crippen molar-refractivity contribution in [1.82, 2.24) is 4.98 Å². The Hall–Kier alpha value is -2.23. The molecule has 0 unspecified atom stereocenters. The number of methoxy groups -OCH3 is 1. The highest BCUT2D eigenvalue weighted by Gasteiger charge is 2.04. The van der Waals surface area contributed by atoms with E-state index in [1.807, 2.05) is 30.5 Å². The van der Waals surface area contributed by atoms with Gasteiger partial charge in [0.05, 0.1) is 7.11 Å². The Balaban J connectivity index is 2.04. The molecule has 0 atom stereocenters. The number of aromatic nitrogens is 1. The predicted molar refractivity (Wildman–Crippen MR) is 83.5 cm³/mol. The summed E-state index contributed by atoms with van der Waals surface area (Å²) in [6, 6.07) is 12.2. The first-order valence-electron chi connectivity index (χ1n) is 6.77. The van der Waals surface area contributed by atoms with E-state index in [0.717, 1.165) is 30.3 Å². The lowest BCUT2D eigenvalue weighted by Gasteiger charge is -2.20. The first-order chi connectivity index (χ1) is 9.72. The van der Waals surface area contributed by atoms with Crippen LogP contribution in [0.15, 0.2) is 42.6 Å². The van der Waals surface area contributed by atoms with Crippen LogP contribution in [0.5, 0.6) is 5.75 Å². The molecule has 106 valence electrons. The van der Waals surface area contributed by atoms with E-state index in [2.05, 4.69) is 41.3 Å². The third-order valence-electron chi connectivity index (χ3n) is 3.10. The standard InChI is InChI=1S/C16H21N3O/c1-4-17-16-9-8-13(11-18-16)12-19(2)14-6-5-7-15(10-14)20-3/h5-11H,4,12H2,1-3H3,(H,17,18). The molecule has 0 aliphatic heterocycles. The minimum Gasteiger partial charge on any atom is -0.497 e. The van der Waals surface area contributed by atoms with Crippen LogP contribution in [0.25, 0.3) is 0 Å². The zero-order chi connectivity index (χ0) is 14.4. The van der Waals surface area contributed by atoms with Crippen LogP contribution < -0.4 is 15.0 Å². The van der Waals surface area contributed by atoms with Crippen molar-refractivity contribution in [1.29, 1.82) is 0 Å². The molecule has 1 aromatic carbocycles. The van der Waals surface area contributed by atoms with Crippen LogP contribution in [0.2, 0.25) is 0 Å². The molecule has 0 radical (unpaired) electrons. The van der Waals surface area contributed by atoms with Crippen LogP contribution in [-0.4, -0.2) is 25.7 Å². The second-order valence-corrected chi connectivity index (χ2v) is 4.64. The molecule has 4 nitrogen and oxygen atoms in total. The summed E-state index contributed by atoms with van der Waals surface area (Å²) in [6.07, 6.45) is 1.91. The van der Waals surface area contributed by atoms with E-state index in [4.69, 9.17) is 4.74 Å². The van der Waals surface area contributed by atoms with Gasteiger partial charge in [-0.25, -0.2) is 4.98 Å². The van der Waals surface area contributed by atoms with E-state index in [0.29, 0.717) is 0 Å². The topological polar surface area (TPSA) is 37.4 Å². The number of nitrogens with zero attached hydrogens (tertiary/aromatic N) is 2. The molecule has 0 saturated heterocycles. The van der Waals surface area contributed by atoms with Crippen molar-refractivity contribution in [3.05, 3.63) is 48.2 Å². The average Bonchev–Trinajstić information content (AvgIpc) is 2.49. The van der Waals surface area contributed by atoms with E-state index in [9.17, 15) is 0 Å². The smallest absolute Gasteiger partial charge is 0.125 e. The van der Waals surface area contributed by atoms with Crippen LogP contribution >= 0.6 is 0 Å². The maximum Gasteiger partial charge on any atom is 0.125 e. The number of hydrogen-bond donors (Lipinski definition) is 1. The lowest BCUT2D eigenvalue weighted by Crippen LogP contribution is -2.16. The molecule has 1 heterocycles. The lowest BCUT2D eigenvalue weighted by molar-refractivity contribution is 0.415.